The van der Waals surface area contributed by atoms with E-state index in [-0.39, 0.29) is 12.5 Å². The van der Waals surface area contributed by atoms with E-state index >= 15 is 0 Å². The molecule has 1 aromatic rings. The molecular formula is C10H17N5O. The second-order valence-electron chi connectivity index (χ2n) is 4.18. The summed E-state index contributed by atoms with van der Waals surface area (Å²) >= 11 is 0. The minimum atomic E-state index is 0.101. The first kappa shape index (κ1) is 11.1. The van der Waals surface area contributed by atoms with Crippen molar-refractivity contribution in [3.05, 3.63) is 12.7 Å². The van der Waals surface area contributed by atoms with Gasteiger partial charge in [-0.05, 0) is 25.3 Å². The normalized spacial score (nSPS) is 21.1. The number of hydrogen-bond donors (Lipinski definition) is 1. The van der Waals surface area contributed by atoms with Crippen LogP contribution < -0.4 is 5.73 Å². The Morgan fingerprint density at radius 3 is 3.12 bits per heavy atom. The van der Waals surface area contributed by atoms with Crippen molar-refractivity contribution in [3.63, 3.8) is 0 Å². The van der Waals surface area contributed by atoms with Gasteiger partial charge in [0.25, 0.3) is 0 Å². The first-order chi connectivity index (χ1) is 7.79. The van der Waals surface area contributed by atoms with Gasteiger partial charge in [0, 0.05) is 13.1 Å². The summed E-state index contributed by atoms with van der Waals surface area (Å²) in [6, 6.07) is 0. The number of nitrogens with two attached hydrogens (primary N) is 1. The van der Waals surface area contributed by atoms with Crippen LogP contribution in [-0.2, 0) is 11.3 Å². The number of amides is 1. The van der Waals surface area contributed by atoms with E-state index in [9.17, 15) is 4.79 Å². The van der Waals surface area contributed by atoms with Crippen LogP contribution >= 0.6 is 0 Å². The molecule has 6 nitrogen and oxygen atoms in total. The maximum Gasteiger partial charge on any atom is 0.244 e. The summed E-state index contributed by atoms with van der Waals surface area (Å²) in [5.41, 5.74) is 5.64. The van der Waals surface area contributed by atoms with Gasteiger partial charge in [0.05, 0.1) is 0 Å². The summed E-state index contributed by atoms with van der Waals surface area (Å²) in [6.07, 6.45) is 5.17. The van der Waals surface area contributed by atoms with E-state index in [1.54, 1.807) is 11.0 Å². The van der Waals surface area contributed by atoms with Crippen molar-refractivity contribution in [1.29, 1.82) is 0 Å². The fourth-order valence-electron chi connectivity index (χ4n) is 2.04. The predicted molar refractivity (Wildman–Crippen MR) is 58.4 cm³/mol. The first-order valence-electron chi connectivity index (χ1n) is 5.60. The van der Waals surface area contributed by atoms with Gasteiger partial charge in [0.2, 0.25) is 5.91 Å². The SMILES string of the molecule is NC[C@H]1CCCN(C(=O)Cn2cncn2)C1. The molecule has 0 unspecified atom stereocenters. The van der Waals surface area contributed by atoms with Crippen molar-refractivity contribution in [2.24, 2.45) is 11.7 Å². The number of carbonyl (C=O) groups excluding carboxylic acids is 1. The molecule has 1 aliphatic rings. The average Bonchev–Trinajstić information content (AvgIpc) is 2.82. The molecule has 0 spiro atoms. The molecule has 0 radical (unpaired) electrons. The Balaban J connectivity index is 1.89. The van der Waals surface area contributed by atoms with E-state index in [0.717, 1.165) is 25.9 Å². The van der Waals surface area contributed by atoms with E-state index in [1.807, 2.05) is 4.90 Å². The third-order valence-electron chi connectivity index (χ3n) is 2.97. The van der Waals surface area contributed by atoms with Gasteiger partial charge in [-0.2, -0.15) is 5.10 Å². The maximum atomic E-state index is 11.9. The quantitative estimate of drug-likeness (QED) is 0.747. The van der Waals surface area contributed by atoms with E-state index in [0.29, 0.717) is 12.5 Å². The predicted octanol–water partition coefficient (Wildman–Crippen LogP) is -0.525. The number of likely N-dealkylation sites (tertiary alicyclic amines) is 1. The summed E-state index contributed by atoms with van der Waals surface area (Å²) < 4.78 is 1.55. The minimum Gasteiger partial charge on any atom is -0.341 e. The van der Waals surface area contributed by atoms with Gasteiger partial charge >= 0.3 is 0 Å². The summed E-state index contributed by atoms with van der Waals surface area (Å²) in [4.78, 5) is 17.6. The van der Waals surface area contributed by atoms with Crippen LogP contribution in [0.15, 0.2) is 12.7 Å². The molecule has 2 N–H and O–H groups in total. The zero-order valence-corrected chi connectivity index (χ0v) is 9.25. The van der Waals surface area contributed by atoms with Crippen LogP contribution in [0.25, 0.3) is 0 Å². The van der Waals surface area contributed by atoms with Crippen LogP contribution in [0.5, 0.6) is 0 Å². The van der Waals surface area contributed by atoms with Crippen LogP contribution in [0.4, 0.5) is 0 Å². The zero-order chi connectivity index (χ0) is 11.4. The smallest absolute Gasteiger partial charge is 0.244 e. The van der Waals surface area contributed by atoms with Crippen molar-refractivity contribution in [1.82, 2.24) is 19.7 Å². The molecule has 6 heteroatoms. The molecule has 0 aromatic carbocycles. The molecule has 0 aliphatic carbocycles. The Labute approximate surface area is 94.4 Å². The van der Waals surface area contributed by atoms with Crippen molar-refractivity contribution in [3.8, 4) is 0 Å². The Kier molecular flexibility index (Phi) is 3.51. The van der Waals surface area contributed by atoms with Gasteiger partial charge < -0.3 is 10.6 Å². The van der Waals surface area contributed by atoms with Crippen LogP contribution in [0.2, 0.25) is 0 Å². The Morgan fingerprint density at radius 2 is 2.44 bits per heavy atom. The second-order valence-corrected chi connectivity index (χ2v) is 4.18. The maximum absolute atomic E-state index is 11.9. The second kappa shape index (κ2) is 5.07. The molecule has 1 amide bonds. The average molecular weight is 223 g/mol. The number of nitrogens with zero attached hydrogens (tertiary/aromatic N) is 4. The summed E-state index contributed by atoms with van der Waals surface area (Å²) in [5, 5.41) is 3.92. The number of carbonyl (C=O) groups is 1. The third-order valence-corrected chi connectivity index (χ3v) is 2.97. The molecule has 2 rings (SSSR count). The summed E-state index contributed by atoms with van der Waals surface area (Å²) in [7, 11) is 0. The van der Waals surface area contributed by atoms with Crippen LogP contribution in [0, 0.1) is 5.92 Å². The molecule has 0 saturated carbocycles. The van der Waals surface area contributed by atoms with Crippen molar-refractivity contribution in [2.45, 2.75) is 19.4 Å². The molecular weight excluding hydrogens is 206 g/mol. The Hall–Kier alpha value is -1.43. The molecule has 1 aliphatic heterocycles. The van der Waals surface area contributed by atoms with Crippen molar-refractivity contribution < 1.29 is 4.79 Å². The lowest BCUT2D eigenvalue weighted by molar-refractivity contribution is -0.133. The topological polar surface area (TPSA) is 77.0 Å². The van der Waals surface area contributed by atoms with Crippen molar-refractivity contribution >= 4 is 5.91 Å². The summed E-state index contributed by atoms with van der Waals surface area (Å²) in [6.45, 7) is 2.55. The number of hydrogen-bond acceptors (Lipinski definition) is 4. The summed E-state index contributed by atoms with van der Waals surface area (Å²) in [5.74, 6) is 0.553. The van der Waals surface area contributed by atoms with Crippen LogP contribution in [-0.4, -0.2) is 45.2 Å². The fourth-order valence-corrected chi connectivity index (χ4v) is 2.04. The Morgan fingerprint density at radius 1 is 1.56 bits per heavy atom. The highest BCUT2D eigenvalue weighted by Crippen LogP contribution is 2.15. The molecule has 1 saturated heterocycles. The molecule has 16 heavy (non-hydrogen) atoms. The van der Waals surface area contributed by atoms with Gasteiger partial charge in [0.1, 0.15) is 19.2 Å². The number of aromatic nitrogens is 3. The third kappa shape index (κ3) is 2.57. The first-order valence-corrected chi connectivity index (χ1v) is 5.60. The number of rotatable bonds is 3. The lowest BCUT2D eigenvalue weighted by Gasteiger charge is -2.32. The van der Waals surface area contributed by atoms with Gasteiger partial charge in [-0.3, -0.25) is 4.79 Å². The molecule has 2 heterocycles. The van der Waals surface area contributed by atoms with Gasteiger partial charge in [0.15, 0.2) is 0 Å². The van der Waals surface area contributed by atoms with E-state index in [4.69, 9.17) is 5.73 Å². The molecule has 88 valence electrons. The van der Waals surface area contributed by atoms with Crippen LogP contribution in [0.3, 0.4) is 0 Å². The van der Waals surface area contributed by atoms with Crippen molar-refractivity contribution in [2.75, 3.05) is 19.6 Å². The lowest BCUT2D eigenvalue weighted by atomic mass is 9.98. The zero-order valence-electron chi connectivity index (χ0n) is 9.25. The molecule has 1 fully saturated rings. The largest absolute Gasteiger partial charge is 0.341 e. The fraction of sp³-hybridized carbons (Fsp3) is 0.700. The molecule has 0 bridgehead atoms. The van der Waals surface area contributed by atoms with E-state index in [2.05, 4.69) is 10.1 Å². The highest BCUT2D eigenvalue weighted by atomic mass is 16.2. The molecule has 1 atom stereocenters. The monoisotopic (exact) mass is 223 g/mol. The van der Waals surface area contributed by atoms with Gasteiger partial charge in [-0.15, -0.1) is 0 Å². The highest BCUT2D eigenvalue weighted by Gasteiger charge is 2.22. The minimum absolute atomic E-state index is 0.101. The van der Waals surface area contributed by atoms with E-state index < -0.39 is 0 Å². The highest BCUT2D eigenvalue weighted by molar-refractivity contribution is 5.75. The van der Waals surface area contributed by atoms with Gasteiger partial charge in [-0.25, -0.2) is 9.67 Å². The number of piperidine rings is 1. The van der Waals surface area contributed by atoms with Crippen LogP contribution in [0.1, 0.15) is 12.8 Å². The molecule has 1 aromatic heterocycles. The Bertz CT molecular complexity index is 337. The standard InChI is InChI=1S/C10H17N5O/c11-4-9-2-1-3-14(5-9)10(16)6-15-8-12-7-13-15/h7-9H,1-6,11H2/t9-/m1/s1. The lowest BCUT2D eigenvalue weighted by Crippen LogP contribution is -2.43. The van der Waals surface area contributed by atoms with E-state index in [1.165, 1.54) is 6.33 Å². The van der Waals surface area contributed by atoms with Gasteiger partial charge in [-0.1, -0.05) is 0 Å².